The average molecular weight is 344 g/mol. The molecule has 2 rings (SSSR count). The van der Waals surface area contributed by atoms with Crippen molar-refractivity contribution in [2.75, 3.05) is 14.2 Å². The van der Waals surface area contributed by atoms with Crippen LogP contribution in [0.25, 0.3) is 0 Å². The summed E-state index contributed by atoms with van der Waals surface area (Å²) in [5, 5.41) is 1.16. The summed E-state index contributed by atoms with van der Waals surface area (Å²) in [6.45, 7) is -0.00767. The molecule has 1 aromatic heterocycles. The molecule has 0 fully saturated rings. The van der Waals surface area contributed by atoms with Gasteiger partial charge in [0.2, 0.25) is 0 Å². The Labute approximate surface area is 135 Å². The van der Waals surface area contributed by atoms with Crippen molar-refractivity contribution in [2.24, 2.45) is 0 Å². The van der Waals surface area contributed by atoms with Gasteiger partial charge in [0, 0.05) is 19.5 Å². The first kappa shape index (κ1) is 17.4. The minimum atomic E-state index is -4.48. The van der Waals surface area contributed by atoms with E-state index in [1.54, 1.807) is 24.3 Å². The van der Waals surface area contributed by atoms with Crippen LogP contribution in [-0.4, -0.2) is 29.9 Å². The normalized spacial score (nSPS) is 12.9. The van der Waals surface area contributed by atoms with Gasteiger partial charge in [-0.3, -0.25) is 4.79 Å². The summed E-state index contributed by atoms with van der Waals surface area (Å²) >= 11 is 0.871. The van der Waals surface area contributed by atoms with Crippen LogP contribution in [0.5, 0.6) is 0 Å². The highest BCUT2D eigenvalue weighted by Gasteiger charge is 2.34. The first-order valence-electron chi connectivity index (χ1n) is 6.67. The number of thiazole rings is 1. The molecule has 0 saturated carbocycles. The third kappa shape index (κ3) is 4.29. The number of hydrogen-bond donors (Lipinski definition) is 0. The van der Waals surface area contributed by atoms with Crippen molar-refractivity contribution in [1.82, 2.24) is 9.88 Å². The maximum absolute atomic E-state index is 12.5. The molecule has 1 amide bonds. The molecule has 0 radical (unpaired) electrons. The molecule has 8 heteroatoms. The van der Waals surface area contributed by atoms with Crippen molar-refractivity contribution >= 4 is 17.2 Å². The van der Waals surface area contributed by atoms with E-state index < -0.39 is 18.0 Å². The van der Waals surface area contributed by atoms with Crippen molar-refractivity contribution in [3.05, 3.63) is 52.0 Å². The zero-order valence-electron chi connectivity index (χ0n) is 12.5. The molecule has 1 unspecified atom stereocenters. The standard InChI is InChI=1S/C15H15F3N2O2S/c1-20(8-12-19-11(9-23-12)15(16,17)18)14(21)13(22-2)10-6-4-3-5-7-10/h3-7,9,13H,8H2,1-2H3. The van der Waals surface area contributed by atoms with Gasteiger partial charge in [-0.2, -0.15) is 13.2 Å². The lowest BCUT2D eigenvalue weighted by molar-refractivity contribution is -0.141. The summed E-state index contributed by atoms with van der Waals surface area (Å²) in [6, 6.07) is 8.89. The van der Waals surface area contributed by atoms with Crippen molar-refractivity contribution in [1.29, 1.82) is 0 Å². The number of aromatic nitrogens is 1. The number of methoxy groups -OCH3 is 1. The lowest BCUT2D eigenvalue weighted by Gasteiger charge is -2.22. The third-order valence-electron chi connectivity index (χ3n) is 3.15. The highest BCUT2D eigenvalue weighted by atomic mass is 32.1. The maximum atomic E-state index is 12.5. The van der Waals surface area contributed by atoms with Crippen molar-refractivity contribution < 1.29 is 22.7 Å². The fraction of sp³-hybridized carbons (Fsp3) is 0.333. The summed E-state index contributed by atoms with van der Waals surface area (Å²) < 4.78 is 42.9. The number of alkyl halides is 3. The van der Waals surface area contributed by atoms with Gasteiger partial charge in [0.05, 0.1) is 6.54 Å². The molecule has 0 N–H and O–H groups in total. The van der Waals surface area contributed by atoms with Crippen LogP contribution in [-0.2, 0) is 22.3 Å². The molecule has 1 aromatic carbocycles. The van der Waals surface area contributed by atoms with Crippen molar-refractivity contribution in [2.45, 2.75) is 18.8 Å². The molecular formula is C15H15F3N2O2S. The summed E-state index contributed by atoms with van der Waals surface area (Å²) in [7, 11) is 2.92. The number of carbonyl (C=O) groups excluding carboxylic acids is 1. The minimum absolute atomic E-state index is 0.00767. The second kappa shape index (κ2) is 7.10. The van der Waals surface area contributed by atoms with Gasteiger partial charge in [-0.15, -0.1) is 11.3 Å². The topological polar surface area (TPSA) is 42.4 Å². The Morgan fingerprint density at radius 3 is 2.52 bits per heavy atom. The lowest BCUT2D eigenvalue weighted by atomic mass is 10.1. The molecule has 0 aliphatic carbocycles. The molecule has 0 bridgehead atoms. The quantitative estimate of drug-likeness (QED) is 0.834. The molecule has 4 nitrogen and oxygen atoms in total. The average Bonchev–Trinajstić information content (AvgIpc) is 2.97. The molecule has 0 aliphatic rings. The largest absolute Gasteiger partial charge is 0.434 e. The molecule has 124 valence electrons. The molecule has 0 spiro atoms. The second-order valence-electron chi connectivity index (χ2n) is 4.84. The number of amides is 1. The molecular weight excluding hydrogens is 329 g/mol. The molecule has 0 saturated heterocycles. The van der Waals surface area contributed by atoms with Gasteiger partial charge in [0.15, 0.2) is 11.8 Å². The van der Waals surface area contributed by atoms with Crippen LogP contribution in [0.2, 0.25) is 0 Å². The highest BCUT2D eigenvalue weighted by molar-refractivity contribution is 7.09. The van der Waals surface area contributed by atoms with Gasteiger partial charge >= 0.3 is 6.18 Å². The van der Waals surface area contributed by atoms with Gasteiger partial charge in [-0.1, -0.05) is 30.3 Å². The number of nitrogens with zero attached hydrogens (tertiary/aromatic N) is 2. The van der Waals surface area contributed by atoms with Gasteiger partial charge in [0.25, 0.3) is 5.91 Å². The third-order valence-corrected chi connectivity index (χ3v) is 3.99. The summed E-state index contributed by atoms with van der Waals surface area (Å²) in [6.07, 6.45) is -5.28. The van der Waals surface area contributed by atoms with E-state index in [1.165, 1.54) is 19.1 Å². The van der Waals surface area contributed by atoms with Crippen LogP contribution in [0.1, 0.15) is 22.4 Å². The zero-order chi connectivity index (χ0) is 17.0. The van der Waals surface area contributed by atoms with Gasteiger partial charge < -0.3 is 9.64 Å². The van der Waals surface area contributed by atoms with E-state index in [-0.39, 0.29) is 17.5 Å². The summed E-state index contributed by atoms with van der Waals surface area (Å²) in [4.78, 5) is 17.3. The predicted octanol–water partition coefficient (Wildman–Crippen LogP) is 3.51. The fourth-order valence-electron chi connectivity index (χ4n) is 2.00. The van der Waals surface area contributed by atoms with Crippen molar-refractivity contribution in [3.8, 4) is 0 Å². The monoisotopic (exact) mass is 344 g/mol. The van der Waals surface area contributed by atoms with E-state index in [0.29, 0.717) is 5.56 Å². The minimum Gasteiger partial charge on any atom is -0.367 e. The molecule has 23 heavy (non-hydrogen) atoms. The first-order valence-corrected chi connectivity index (χ1v) is 7.55. The molecule has 0 aliphatic heterocycles. The van der Waals surface area contributed by atoms with E-state index in [0.717, 1.165) is 16.7 Å². The maximum Gasteiger partial charge on any atom is 0.434 e. The Morgan fingerprint density at radius 2 is 2.00 bits per heavy atom. The SMILES string of the molecule is COC(C(=O)N(C)Cc1nc(C(F)(F)F)cs1)c1ccccc1. The van der Waals surface area contributed by atoms with Crippen LogP contribution in [0, 0.1) is 0 Å². The molecule has 1 heterocycles. The van der Waals surface area contributed by atoms with Crippen LogP contribution < -0.4 is 0 Å². The van der Waals surface area contributed by atoms with Gasteiger partial charge in [0.1, 0.15) is 5.01 Å². The fourth-order valence-corrected chi connectivity index (χ4v) is 2.86. The summed E-state index contributed by atoms with van der Waals surface area (Å²) in [5.41, 5.74) is -0.258. The summed E-state index contributed by atoms with van der Waals surface area (Å²) in [5.74, 6) is -0.345. The Bertz CT molecular complexity index is 658. The number of benzene rings is 1. The van der Waals surface area contributed by atoms with E-state index >= 15 is 0 Å². The number of carbonyl (C=O) groups is 1. The Morgan fingerprint density at radius 1 is 1.35 bits per heavy atom. The van der Waals surface area contributed by atoms with Crippen LogP contribution >= 0.6 is 11.3 Å². The Balaban J connectivity index is 2.09. The van der Waals surface area contributed by atoms with Crippen LogP contribution in [0.4, 0.5) is 13.2 Å². The van der Waals surface area contributed by atoms with Crippen LogP contribution in [0.15, 0.2) is 35.7 Å². The van der Waals surface area contributed by atoms with Gasteiger partial charge in [-0.25, -0.2) is 4.98 Å². The molecule has 2 aromatic rings. The number of ether oxygens (including phenoxy) is 1. The van der Waals surface area contributed by atoms with E-state index in [2.05, 4.69) is 4.98 Å². The predicted molar refractivity (Wildman–Crippen MR) is 79.8 cm³/mol. The van der Waals surface area contributed by atoms with E-state index in [1.807, 2.05) is 6.07 Å². The van der Waals surface area contributed by atoms with Gasteiger partial charge in [-0.05, 0) is 5.56 Å². The van der Waals surface area contributed by atoms with Crippen LogP contribution in [0.3, 0.4) is 0 Å². The first-order chi connectivity index (χ1) is 10.8. The van der Waals surface area contributed by atoms with E-state index in [9.17, 15) is 18.0 Å². The smallest absolute Gasteiger partial charge is 0.367 e. The van der Waals surface area contributed by atoms with E-state index in [4.69, 9.17) is 4.74 Å². The van der Waals surface area contributed by atoms with Crippen molar-refractivity contribution in [3.63, 3.8) is 0 Å². The molecule has 1 atom stereocenters. The Kier molecular flexibility index (Phi) is 5.38. The number of halogens is 3. The number of hydrogen-bond acceptors (Lipinski definition) is 4. The highest BCUT2D eigenvalue weighted by Crippen LogP contribution is 2.30. The lowest BCUT2D eigenvalue weighted by Crippen LogP contribution is -2.32. The number of rotatable bonds is 5. The Hall–Kier alpha value is -1.93. The number of likely N-dealkylation sites (N-methyl/N-ethyl adjacent to an activating group) is 1. The second-order valence-corrected chi connectivity index (χ2v) is 5.79. The zero-order valence-corrected chi connectivity index (χ0v) is 13.3.